The summed E-state index contributed by atoms with van der Waals surface area (Å²) in [5.74, 6) is 1.75. The first-order chi connectivity index (χ1) is 13.1. The molecular formula is C21H22N2O4. The summed E-state index contributed by atoms with van der Waals surface area (Å²) in [4.78, 5) is 12.2. The molecular weight excluding hydrogens is 344 g/mol. The van der Waals surface area contributed by atoms with Crippen molar-refractivity contribution >= 4 is 23.1 Å². The Labute approximate surface area is 157 Å². The number of carbonyl (C=O) groups is 1. The number of ether oxygens (including phenoxy) is 2. The molecule has 0 unspecified atom stereocenters. The lowest BCUT2D eigenvalue weighted by atomic mass is 10.1. The molecule has 6 heteroatoms. The number of hydrazone groups is 1. The summed E-state index contributed by atoms with van der Waals surface area (Å²) in [6.07, 6.45) is 2.43. The fourth-order valence-electron chi connectivity index (χ4n) is 2.61. The minimum atomic E-state index is -0.302. The summed E-state index contributed by atoms with van der Waals surface area (Å²) in [7, 11) is 1.61. The van der Waals surface area contributed by atoms with Crippen LogP contribution < -0.4 is 14.9 Å². The van der Waals surface area contributed by atoms with E-state index >= 15 is 0 Å². The molecule has 0 saturated carbocycles. The summed E-state index contributed by atoms with van der Waals surface area (Å²) in [6, 6.07) is 12.6. The molecule has 3 aromatic rings. The van der Waals surface area contributed by atoms with Crippen LogP contribution in [0.2, 0.25) is 0 Å². The van der Waals surface area contributed by atoms with Crippen LogP contribution >= 0.6 is 0 Å². The van der Waals surface area contributed by atoms with E-state index in [9.17, 15) is 4.79 Å². The number of fused-ring (bicyclic) bond motifs is 1. The SMILES string of the molecule is CCCOc1ccc(C(=O)N/N=C/c2oc3cc(OC)ccc3c2C)cc1. The van der Waals surface area contributed by atoms with Gasteiger partial charge in [-0.2, -0.15) is 5.10 Å². The monoisotopic (exact) mass is 366 g/mol. The van der Waals surface area contributed by atoms with Crippen LogP contribution in [0.15, 0.2) is 52.0 Å². The summed E-state index contributed by atoms with van der Waals surface area (Å²) in [5.41, 5.74) is 4.67. The Morgan fingerprint density at radius 1 is 1.19 bits per heavy atom. The van der Waals surface area contributed by atoms with E-state index in [4.69, 9.17) is 13.9 Å². The molecule has 1 heterocycles. The van der Waals surface area contributed by atoms with Gasteiger partial charge in [0.15, 0.2) is 5.76 Å². The van der Waals surface area contributed by atoms with Crippen molar-refractivity contribution in [2.75, 3.05) is 13.7 Å². The molecule has 0 spiro atoms. The number of amides is 1. The lowest BCUT2D eigenvalue weighted by molar-refractivity contribution is 0.0955. The number of rotatable bonds is 7. The van der Waals surface area contributed by atoms with Gasteiger partial charge in [0.25, 0.3) is 5.91 Å². The van der Waals surface area contributed by atoms with Gasteiger partial charge >= 0.3 is 0 Å². The second-order valence-electron chi connectivity index (χ2n) is 6.03. The summed E-state index contributed by atoms with van der Waals surface area (Å²) in [5, 5.41) is 4.99. The first kappa shape index (κ1) is 18.5. The molecule has 1 aromatic heterocycles. The van der Waals surface area contributed by atoms with Gasteiger partial charge in [0.1, 0.15) is 17.1 Å². The molecule has 3 rings (SSSR count). The highest BCUT2D eigenvalue weighted by Gasteiger charge is 2.10. The molecule has 0 bridgehead atoms. The van der Waals surface area contributed by atoms with Crippen molar-refractivity contribution in [3.05, 3.63) is 59.4 Å². The van der Waals surface area contributed by atoms with Gasteiger partial charge in [0.05, 0.1) is 19.9 Å². The van der Waals surface area contributed by atoms with Crippen LogP contribution in [-0.2, 0) is 0 Å². The third-order valence-corrected chi connectivity index (χ3v) is 4.12. The van der Waals surface area contributed by atoms with Gasteiger partial charge in [0.2, 0.25) is 0 Å². The third-order valence-electron chi connectivity index (χ3n) is 4.12. The van der Waals surface area contributed by atoms with E-state index in [-0.39, 0.29) is 5.91 Å². The Bertz CT molecular complexity index is 958. The Morgan fingerprint density at radius 2 is 1.93 bits per heavy atom. The lowest BCUT2D eigenvalue weighted by Gasteiger charge is -2.05. The maximum atomic E-state index is 12.2. The molecule has 6 nitrogen and oxygen atoms in total. The largest absolute Gasteiger partial charge is 0.497 e. The van der Waals surface area contributed by atoms with Crippen molar-refractivity contribution in [2.24, 2.45) is 5.10 Å². The molecule has 0 aliphatic carbocycles. The van der Waals surface area contributed by atoms with E-state index in [0.717, 1.165) is 28.9 Å². The molecule has 27 heavy (non-hydrogen) atoms. The minimum absolute atomic E-state index is 0.302. The normalized spacial score (nSPS) is 11.1. The van der Waals surface area contributed by atoms with Crippen LogP contribution in [0.3, 0.4) is 0 Å². The number of nitrogens with zero attached hydrogens (tertiary/aromatic N) is 1. The summed E-state index contributed by atoms with van der Waals surface area (Å²) < 4.78 is 16.5. The number of nitrogens with one attached hydrogen (secondary N) is 1. The van der Waals surface area contributed by atoms with Crippen molar-refractivity contribution in [2.45, 2.75) is 20.3 Å². The van der Waals surface area contributed by atoms with E-state index in [1.165, 1.54) is 6.21 Å². The van der Waals surface area contributed by atoms with E-state index in [1.807, 2.05) is 32.0 Å². The highest BCUT2D eigenvalue weighted by molar-refractivity contribution is 5.96. The van der Waals surface area contributed by atoms with Crippen LogP contribution in [0.5, 0.6) is 11.5 Å². The highest BCUT2D eigenvalue weighted by Crippen LogP contribution is 2.27. The number of aryl methyl sites for hydroxylation is 1. The first-order valence-electron chi connectivity index (χ1n) is 8.75. The van der Waals surface area contributed by atoms with E-state index in [2.05, 4.69) is 10.5 Å². The van der Waals surface area contributed by atoms with Crippen molar-refractivity contribution in [1.29, 1.82) is 0 Å². The van der Waals surface area contributed by atoms with E-state index in [0.29, 0.717) is 23.5 Å². The Morgan fingerprint density at radius 3 is 2.63 bits per heavy atom. The average molecular weight is 366 g/mol. The lowest BCUT2D eigenvalue weighted by Crippen LogP contribution is -2.17. The number of furan rings is 1. The zero-order chi connectivity index (χ0) is 19.2. The Balaban J connectivity index is 1.67. The van der Waals surface area contributed by atoms with Crippen molar-refractivity contribution in [3.63, 3.8) is 0 Å². The number of benzene rings is 2. The standard InChI is InChI=1S/C21H22N2O4/c1-4-11-26-16-7-5-15(6-8-16)21(24)23-22-13-20-14(2)18-10-9-17(25-3)12-19(18)27-20/h5-10,12-13H,4,11H2,1-3H3,(H,23,24)/b22-13+. The predicted octanol–water partition coefficient (Wildman–Crippen LogP) is 4.30. The maximum absolute atomic E-state index is 12.2. The zero-order valence-electron chi connectivity index (χ0n) is 15.6. The van der Waals surface area contributed by atoms with E-state index < -0.39 is 0 Å². The molecule has 0 fully saturated rings. The first-order valence-corrected chi connectivity index (χ1v) is 8.75. The van der Waals surface area contributed by atoms with Gasteiger partial charge in [-0.3, -0.25) is 4.79 Å². The molecule has 1 amide bonds. The number of hydrogen-bond acceptors (Lipinski definition) is 5. The highest BCUT2D eigenvalue weighted by atomic mass is 16.5. The molecule has 0 saturated heterocycles. The Kier molecular flexibility index (Phi) is 5.76. The molecule has 0 aliphatic heterocycles. The van der Waals surface area contributed by atoms with Gasteiger partial charge in [-0.05, 0) is 49.7 Å². The van der Waals surface area contributed by atoms with Crippen molar-refractivity contribution < 1.29 is 18.7 Å². The number of methoxy groups -OCH3 is 1. The van der Waals surface area contributed by atoms with Gasteiger partial charge < -0.3 is 13.9 Å². The zero-order valence-corrected chi connectivity index (χ0v) is 15.6. The van der Waals surface area contributed by atoms with Gasteiger partial charge in [-0.1, -0.05) is 6.92 Å². The molecule has 140 valence electrons. The topological polar surface area (TPSA) is 73.1 Å². The number of carbonyl (C=O) groups excluding carboxylic acids is 1. The van der Waals surface area contributed by atoms with Crippen LogP contribution in [0.1, 0.15) is 35.0 Å². The molecule has 1 N–H and O–H groups in total. The third kappa shape index (κ3) is 4.28. The van der Waals surface area contributed by atoms with E-state index in [1.54, 1.807) is 31.4 Å². The summed E-state index contributed by atoms with van der Waals surface area (Å²) in [6.45, 7) is 4.63. The Hall–Kier alpha value is -3.28. The summed E-state index contributed by atoms with van der Waals surface area (Å²) >= 11 is 0. The fourth-order valence-corrected chi connectivity index (χ4v) is 2.61. The van der Waals surface area contributed by atoms with Gasteiger partial charge in [-0.25, -0.2) is 5.43 Å². The average Bonchev–Trinajstić information content (AvgIpc) is 3.01. The quantitative estimate of drug-likeness (QED) is 0.500. The minimum Gasteiger partial charge on any atom is -0.497 e. The molecule has 0 atom stereocenters. The maximum Gasteiger partial charge on any atom is 0.271 e. The predicted molar refractivity (Wildman–Crippen MR) is 105 cm³/mol. The second kappa shape index (κ2) is 8.40. The van der Waals surface area contributed by atoms with Crippen molar-refractivity contribution in [1.82, 2.24) is 5.43 Å². The molecule has 0 radical (unpaired) electrons. The van der Waals surface area contributed by atoms with Crippen LogP contribution in [0, 0.1) is 6.92 Å². The fraction of sp³-hybridized carbons (Fsp3) is 0.238. The molecule has 2 aromatic carbocycles. The van der Waals surface area contributed by atoms with Gasteiger partial charge in [-0.15, -0.1) is 0 Å². The van der Waals surface area contributed by atoms with Crippen LogP contribution in [0.4, 0.5) is 0 Å². The number of hydrogen-bond donors (Lipinski definition) is 1. The van der Waals surface area contributed by atoms with Gasteiger partial charge in [0, 0.05) is 22.6 Å². The van der Waals surface area contributed by atoms with Crippen molar-refractivity contribution in [3.8, 4) is 11.5 Å². The van der Waals surface area contributed by atoms with Crippen LogP contribution in [0.25, 0.3) is 11.0 Å². The molecule has 0 aliphatic rings. The smallest absolute Gasteiger partial charge is 0.271 e. The van der Waals surface area contributed by atoms with Crippen LogP contribution in [-0.4, -0.2) is 25.8 Å². The second-order valence-corrected chi connectivity index (χ2v) is 6.03.